The van der Waals surface area contributed by atoms with Gasteiger partial charge in [0.2, 0.25) is 0 Å². The van der Waals surface area contributed by atoms with Crippen LogP contribution in [0.15, 0.2) is 60.7 Å². The monoisotopic (exact) mass is 412 g/mol. The number of halogens is 2. The summed E-state index contributed by atoms with van der Waals surface area (Å²) < 4.78 is 3.69. The molecule has 0 radical (unpaired) electrons. The van der Waals surface area contributed by atoms with Gasteiger partial charge in [-0.25, -0.2) is 0 Å². The molecule has 2 aromatic carbocycles. The highest BCUT2D eigenvalue weighted by molar-refractivity contribution is 6.49. The van der Waals surface area contributed by atoms with Crippen LogP contribution in [0.5, 0.6) is 0 Å². The second kappa shape index (κ2) is 12.4. The minimum absolute atomic E-state index is 0.0278. The van der Waals surface area contributed by atoms with E-state index < -0.39 is 4.33 Å². The Morgan fingerprint density at radius 1 is 0.741 bits per heavy atom. The van der Waals surface area contributed by atoms with Crippen molar-refractivity contribution in [2.75, 3.05) is 26.4 Å². The van der Waals surface area contributed by atoms with Gasteiger partial charge in [0.25, 0.3) is 0 Å². The van der Waals surface area contributed by atoms with Crippen LogP contribution >= 0.6 is 23.2 Å². The van der Waals surface area contributed by atoms with Gasteiger partial charge in [-0.2, -0.15) is 0 Å². The first-order chi connectivity index (χ1) is 13.0. The van der Waals surface area contributed by atoms with Crippen LogP contribution in [-0.2, 0) is 14.5 Å². The molecular formula is C22H30Cl2O3. The molecule has 27 heavy (non-hydrogen) atoms. The summed E-state index contributed by atoms with van der Waals surface area (Å²) in [6.45, 7) is 5.00. The number of rotatable bonds is 9. The molecule has 0 fully saturated rings. The third kappa shape index (κ3) is 6.20. The number of aliphatic hydroxyl groups is 2. The maximum Gasteiger partial charge on any atom is 0.152 e. The van der Waals surface area contributed by atoms with Gasteiger partial charge in [0.05, 0.1) is 26.4 Å². The summed E-state index contributed by atoms with van der Waals surface area (Å²) >= 11 is 13.8. The van der Waals surface area contributed by atoms with Gasteiger partial charge in [-0.05, 0) is 24.0 Å². The van der Waals surface area contributed by atoms with Gasteiger partial charge in [0.1, 0.15) is 0 Å². The Morgan fingerprint density at radius 2 is 1.15 bits per heavy atom. The van der Waals surface area contributed by atoms with E-state index in [1.165, 1.54) is 5.56 Å². The third-order valence-electron chi connectivity index (χ3n) is 4.74. The SMILES string of the molecule is CCC(CC)(c1ccccc1)C(Cl)(Cl)c1ccccc1.OCCOCCO. The Labute approximate surface area is 172 Å². The number of hydrogen-bond donors (Lipinski definition) is 2. The first-order valence-electron chi connectivity index (χ1n) is 9.28. The van der Waals surface area contributed by atoms with Crippen molar-refractivity contribution in [3.8, 4) is 0 Å². The maximum atomic E-state index is 8.09. The number of aliphatic hydroxyl groups excluding tert-OH is 2. The molecule has 0 amide bonds. The van der Waals surface area contributed by atoms with Crippen molar-refractivity contribution < 1.29 is 14.9 Å². The van der Waals surface area contributed by atoms with E-state index in [-0.39, 0.29) is 18.6 Å². The summed E-state index contributed by atoms with van der Waals surface area (Å²) in [7, 11) is 0. The molecule has 2 rings (SSSR count). The van der Waals surface area contributed by atoms with Crippen LogP contribution in [0.3, 0.4) is 0 Å². The van der Waals surface area contributed by atoms with Crippen LogP contribution < -0.4 is 0 Å². The topological polar surface area (TPSA) is 49.7 Å². The highest BCUT2D eigenvalue weighted by atomic mass is 35.5. The van der Waals surface area contributed by atoms with Crippen molar-refractivity contribution in [1.29, 1.82) is 0 Å². The fourth-order valence-electron chi connectivity index (χ4n) is 3.20. The number of ether oxygens (including phenoxy) is 1. The predicted octanol–water partition coefficient (Wildman–Crippen LogP) is 5.06. The zero-order valence-corrected chi connectivity index (χ0v) is 17.6. The van der Waals surface area contributed by atoms with Crippen molar-refractivity contribution in [3.05, 3.63) is 71.8 Å². The molecule has 0 unspecified atom stereocenters. The van der Waals surface area contributed by atoms with E-state index in [0.29, 0.717) is 13.2 Å². The minimum atomic E-state index is -0.945. The van der Waals surface area contributed by atoms with Crippen LogP contribution in [0, 0.1) is 0 Å². The highest BCUT2D eigenvalue weighted by Gasteiger charge is 2.49. The average Bonchev–Trinajstić information content (AvgIpc) is 2.71. The van der Waals surface area contributed by atoms with Crippen LogP contribution in [-0.4, -0.2) is 36.6 Å². The van der Waals surface area contributed by atoms with E-state index in [4.69, 9.17) is 33.4 Å². The molecule has 0 spiro atoms. The molecule has 0 saturated heterocycles. The largest absolute Gasteiger partial charge is 0.394 e. The normalized spacial score (nSPS) is 11.6. The van der Waals surface area contributed by atoms with Gasteiger partial charge in [-0.1, -0.05) is 97.7 Å². The fourth-order valence-corrected chi connectivity index (χ4v) is 4.20. The van der Waals surface area contributed by atoms with Crippen LogP contribution in [0.2, 0.25) is 0 Å². The Hall–Kier alpha value is -1.10. The summed E-state index contributed by atoms with van der Waals surface area (Å²) in [6, 6.07) is 20.3. The minimum Gasteiger partial charge on any atom is -0.394 e. The van der Waals surface area contributed by atoms with Crippen molar-refractivity contribution in [3.63, 3.8) is 0 Å². The lowest BCUT2D eigenvalue weighted by Gasteiger charge is -2.43. The first kappa shape index (κ1) is 23.9. The van der Waals surface area contributed by atoms with Gasteiger partial charge in [-0.15, -0.1) is 0 Å². The predicted molar refractivity (Wildman–Crippen MR) is 114 cm³/mol. The Kier molecular flexibility index (Phi) is 11.0. The standard InChI is InChI=1S/C18H20Cl2.C4H10O3/c1-3-17(4-2,15-11-7-5-8-12-15)18(19,20)16-13-9-6-10-14-16;5-1-3-7-4-2-6/h5-14H,3-4H2,1-2H3;5-6H,1-4H2. The van der Waals surface area contributed by atoms with E-state index in [1.807, 2.05) is 48.5 Å². The molecule has 5 heteroatoms. The van der Waals surface area contributed by atoms with Gasteiger partial charge in [0, 0.05) is 5.41 Å². The lowest BCUT2D eigenvalue weighted by Crippen LogP contribution is -2.40. The summed E-state index contributed by atoms with van der Waals surface area (Å²) in [5.74, 6) is 0. The molecule has 0 aliphatic rings. The van der Waals surface area contributed by atoms with Crippen molar-refractivity contribution in [2.45, 2.75) is 36.4 Å². The average molecular weight is 413 g/mol. The van der Waals surface area contributed by atoms with Gasteiger partial charge >= 0.3 is 0 Å². The zero-order valence-electron chi connectivity index (χ0n) is 16.1. The smallest absolute Gasteiger partial charge is 0.152 e. The molecule has 0 heterocycles. The van der Waals surface area contributed by atoms with E-state index in [2.05, 4.69) is 30.7 Å². The molecule has 3 nitrogen and oxygen atoms in total. The number of benzene rings is 2. The summed E-state index contributed by atoms with van der Waals surface area (Å²) in [6.07, 6.45) is 1.77. The maximum absolute atomic E-state index is 8.09. The molecule has 0 aliphatic heterocycles. The molecule has 0 saturated carbocycles. The Balaban J connectivity index is 0.000000445. The molecular weight excluding hydrogens is 383 g/mol. The summed E-state index contributed by atoms with van der Waals surface area (Å²) in [5, 5.41) is 16.2. The molecule has 2 aromatic rings. The fraction of sp³-hybridized carbons (Fsp3) is 0.455. The van der Waals surface area contributed by atoms with Crippen LogP contribution in [0.1, 0.15) is 37.8 Å². The van der Waals surface area contributed by atoms with E-state index in [1.54, 1.807) is 0 Å². The highest BCUT2D eigenvalue weighted by Crippen LogP contribution is 2.54. The lowest BCUT2D eigenvalue weighted by molar-refractivity contribution is 0.0650. The Bertz CT molecular complexity index is 610. The van der Waals surface area contributed by atoms with Crippen molar-refractivity contribution >= 4 is 23.2 Å². The first-order valence-corrected chi connectivity index (χ1v) is 10.0. The second-order valence-corrected chi connectivity index (χ2v) is 7.48. The zero-order chi connectivity index (χ0) is 20.2. The van der Waals surface area contributed by atoms with E-state index in [9.17, 15) is 0 Å². The quantitative estimate of drug-likeness (QED) is 0.446. The van der Waals surface area contributed by atoms with Crippen molar-refractivity contribution in [1.82, 2.24) is 0 Å². The molecule has 0 aliphatic carbocycles. The van der Waals surface area contributed by atoms with E-state index in [0.717, 1.165) is 18.4 Å². The molecule has 2 N–H and O–H groups in total. The Morgan fingerprint density at radius 3 is 1.52 bits per heavy atom. The summed E-state index contributed by atoms with van der Waals surface area (Å²) in [4.78, 5) is 0. The van der Waals surface area contributed by atoms with Crippen LogP contribution in [0.25, 0.3) is 0 Å². The third-order valence-corrected chi connectivity index (χ3v) is 5.90. The van der Waals surface area contributed by atoms with Gasteiger partial charge in [-0.3, -0.25) is 0 Å². The number of alkyl halides is 2. The number of hydrogen-bond acceptors (Lipinski definition) is 3. The molecule has 0 atom stereocenters. The molecule has 150 valence electrons. The van der Waals surface area contributed by atoms with Crippen LogP contribution in [0.4, 0.5) is 0 Å². The van der Waals surface area contributed by atoms with Crippen molar-refractivity contribution in [2.24, 2.45) is 0 Å². The van der Waals surface area contributed by atoms with E-state index >= 15 is 0 Å². The molecule has 0 bridgehead atoms. The summed E-state index contributed by atoms with van der Waals surface area (Å²) in [5.41, 5.74) is 1.85. The molecule has 0 aromatic heterocycles. The second-order valence-electron chi connectivity index (χ2n) is 6.16. The van der Waals surface area contributed by atoms with Gasteiger partial charge in [0.15, 0.2) is 4.33 Å². The lowest BCUT2D eigenvalue weighted by atomic mass is 9.70. The van der Waals surface area contributed by atoms with Gasteiger partial charge < -0.3 is 14.9 Å².